The Kier molecular flexibility index (Phi) is 5.57. The largest absolute Gasteiger partial charge is 0.497 e. The Balaban J connectivity index is 2.03. The lowest BCUT2D eigenvalue weighted by atomic mass is 10.3. The molecule has 3 rings (SSSR count). The number of hydrogen-bond donors (Lipinski definition) is 0. The summed E-state index contributed by atoms with van der Waals surface area (Å²) in [5.74, 6) is -0.112. The Labute approximate surface area is 153 Å². The van der Waals surface area contributed by atoms with Crippen LogP contribution in [0.1, 0.15) is 6.42 Å². The van der Waals surface area contributed by atoms with Crippen LogP contribution in [-0.2, 0) is 30.3 Å². The summed E-state index contributed by atoms with van der Waals surface area (Å²) in [5, 5.41) is 0. The van der Waals surface area contributed by atoms with Crippen molar-refractivity contribution in [3.05, 3.63) is 35.0 Å². The lowest BCUT2D eigenvalue weighted by Gasteiger charge is -2.12. The van der Waals surface area contributed by atoms with Gasteiger partial charge in [-0.05, 0) is 18.2 Å². The van der Waals surface area contributed by atoms with E-state index >= 15 is 0 Å². The topological polar surface area (TPSA) is 88.4 Å². The number of ether oxygens (including phenoxy) is 4. The van der Waals surface area contributed by atoms with E-state index in [9.17, 15) is 9.59 Å². The van der Waals surface area contributed by atoms with Gasteiger partial charge in [-0.1, -0.05) is 11.3 Å². The average Bonchev–Trinajstić information content (AvgIpc) is 3.02. The second kappa shape index (κ2) is 8.05. The number of thiazole rings is 1. The molecule has 1 aromatic carbocycles. The highest BCUT2D eigenvalue weighted by atomic mass is 32.1. The van der Waals surface area contributed by atoms with Crippen LogP contribution < -0.4 is 9.54 Å². The number of aromatic nitrogens is 1. The van der Waals surface area contributed by atoms with Crippen molar-refractivity contribution in [3.8, 4) is 5.75 Å². The van der Waals surface area contributed by atoms with Gasteiger partial charge in [-0.15, -0.1) is 0 Å². The highest BCUT2D eigenvalue weighted by molar-refractivity contribution is 7.16. The molecule has 0 saturated carbocycles. The molecule has 2 aromatic rings. The molecule has 8 nitrogen and oxygen atoms in total. The van der Waals surface area contributed by atoms with E-state index in [4.69, 9.17) is 18.9 Å². The van der Waals surface area contributed by atoms with Crippen LogP contribution in [0.15, 0.2) is 35.2 Å². The summed E-state index contributed by atoms with van der Waals surface area (Å²) in [6, 6.07) is 5.54. The first-order valence-corrected chi connectivity index (χ1v) is 8.72. The van der Waals surface area contributed by atoms with Crippen molar-refractivity contribution in [2.45, 2.75) is 13.0 Å². The zero-order valence-electron chi connectivity index (χ0n) is 14.4. The maximum absolute atomic E-state index is 12.4. The summed E-state index contributed by atoms with van der Waals surface area (Å²) in [6.45, 7) is 1.04. The number of aryl methyl sites for hydroxylation is 1. The van der Waals surface area contributed by atoms with Crippen molar-refractivity contribution < 1.29 is 28.5 Å². The Hall–Kier alpha value is -2.81. The van der Waals surface area contributed by atoms with Crippen molar-refractivity contribution in [3.63, 3.8) is 0 Å². The van der Waals surface area contributed by atoms with Crippen molar-refractivity contribution in [2.24, 2.45) is 4.99 Å². The van der Waals surface area contributed by atoms with Crippen molar-refractivity contribution in [1.82, 2.24) is 4.57 Å². The monoisotopic (exact) mass is 378 g/mol. The molecule has 9 heteroatoms. The summed E-state index contributed by atoms with van der Waals surface area (Å²) in [5.41, 5.74) is 0.848. The van der Waals surface area contributed by atoms with Gasteiger partial charge in [0.25, 0.3) is 0 Å². The number of amides is 1. The molecule has 0 radical (unpaired) electrons. The molecule has 138 valence electrons. The van der Waals surface area contributed by atoms with Gasteiger partial charge in [0.05, 0.1) is 30.9 Å². The Morgan fingerprint density at radius 1 is 1.31 bits per heavy atom. The van der Waals surface area contributed by atoms with Crippen LogP contribution in [0, 0.1) is 0 Å². The molecule has 0 fully saturated rings. The molecule has 1 amide bonds. The molecular weight excluding hydrogens is 360 g/mol. The molecule has 1 aliphatic heterocycles. The van der Waals surface area contributed by atoms with E-state index in [0.29, 0.717) is 30.3 Å². The standard InChI is InChI=1S/C17H18N2O6S/c1-22-11-3-4-12-14(9-11)26-17(19(12)6-5-15(20)23-2)18-16(21)13-10-24-7-8-25-13/h3-4,9-10H,5-8H2,1-2H3. The first-order chi connectivity index (χ1) is 12.6. The fraction of sp³-hybridized carbons (Fsp3) is 0.353. The van der Waals surface area contributed by atoms with Gasteiger partial charge in [-0.2, -0.15) is 4.99 Å². The van der Waals surface area contributed by atoms with E-state index in [2.05, 4.69) is 4.99 Å². The van der Waals surface area contributed by atoms with E-state index in [0.717, 1.165) is 10.2 Å². The SMILES string of the molecule is COC(=O)CCn1c(=NC(=O)C2=COCCO2)sc2cc(OC)ccc21. The number of benzene rings is 1. The summed E-state index contributed by atoms with van der Waals surface area (Å²) >= 11 is 1.32. The van der Waals surface area contributed by atoms with Crippen molar-refractivity contribution >= 4 is 33.4 Å². The molecule has 0 spiro atoms. The predicted octanol–water partition coefficient (Wildman–Crippen LogP) is 1.59. The normalized spacial score (nSPS) is 14.4. The zero-order valence-corrected chi connectivity index (χ0v) is 15.2. The Morgan fingerprint density at radius 3 is 2.85 bits per heavy atom. The smallest absolute Gasteiger partial charge is 0.317 e. The van der Waals surface area contributed by atoms with Crippen LogP contribution >= 0.6 is 11.3 Å². The van der Waals surface area contributed by atoms with Crippen LogP contribution in [0.25, 0.3) is 10.2 Å². The molecule has 0 aliphatic carbocycles. The van der Waals surface area contributed by atoms with Gasteiger partial charge < -0.3 is 23.5 Å². The Bertz CT molecular complexity index is 927. The Morgan fingerprint density at radius 2 is 2.15 bits per heavy atom. The summed E-state index contributed by atoms with van der Waals surface area (Å²) < 4.78 is 23.0. The number of carbonyl (C=O) groups excluding carboxylic acids is 2. The zero-order chi connectivity index (χ0) is 18.5. The van der Waals surface area contributed by atoms with Gasteiger partial charge in [-0.3, -0.25) is 9.59 Å². The number of carbonyl (C=O) groups is 2. The van der Waals surface area contributed by atoms with Crippen LogP contribution in [0.5, 0.6) is 5.75 Å². The lowest BCUT2D eigenvalue weighted by Crippen LogP contribution is -2.21. The third-order valence-electron chi connectivity index (χ3n) is 3.71. The van der Waals surface area contributed by atoms with Crippen LogP contribution in [0.2, 0.25) is 0 Å². The van der Waals surface area contributed by atoms with E-state index in [1.54, 1.807) is 11.7 Å². The van der Waals surface area contributed by atoms with Crippen LogP contribution in [0.4, 0.5) is 0 Å². The highest BCUT2D eigenvalue weighted by Gasteiger charge is 2.16. The average molecular weight is 378 g/mol. The van der Waals surface area contributed by atoms with Crippen LogP contribution in [-0.4, -0.2) is 43.9 Å². The number of rotatable bonds is 5. The van der Waals surface area contributed by atoms with Crippen molar-refractivity contribution in [2.75, 3.05) is 27.4 Å². The summed E-state index contributed by atoms with van der Waals surface area (Å²) in [7, 11) is 2.92. The van der Waals surface area contributed by atoms with E-state index in [1.807, 2.05) is 18.2 Å². The second-order valence-corrected chi connectivity index (χ2v) is 6.32. The van der Waals surface area contributed by atoms with E-state index in [-0.39, 0.29) is 18.1 Å². The van der Waals surface area contributed by atoms with Crippen LogP contribution in [0.3, 0.4) is 0 Å². The van der Waals surface area contributed by atoms with Gasteiger partial charge in [0.15, 0.2) is 4.80 Å². The van der Waals surface area contributed by atoms with Gasteiger partial charge in [0.1, 0.15) is 25.2 Å². The minimum Gasteiger partial charge on any atom is -0.497 e. The highest BCUT2D eigenvalue weighted by Crippen LogP contribution is 2.23. The van der Waals surface area contributed by atoms with E-state index in [1.165, 1.54) is 24.7 Å². The molecule has 1 aliphatic rings. The molecule has 26 heavy (non-hydrogen) atoms. The molecule has 0 N–H and O–H groups in total. The van der Waals surface area contributed by atoms with E-state index < -0.39 is 5.91 Å². The maximum Gasteiger partial charge on any atom is 0.317 e. The molecule has 0 unspecified atom stereocenters. The fourth-order valence-corrected chi connectivity index (χ4v) is 3.49. The van der Waals surface area contributed by atoms with Gasteiger partial charge in [0.2, 0.25) is 5.76 Å². The molecule has 0 saturated heterocycles. The van der Waals surface area contributed by atoms with Gasteiger partial charge in [0, 0.05) is 6.54 Å². The number of hydrogen-bond acceptors (Lipinski definition) is 7. The third kappa shape index (κ3) is 3.88. The number of fused-ring (bicyclic) bond motifs is 1. The molecular formula is C17H18N2O6S. The number of esters is 1. The molecule has 1 aromatic heterocycles. The first-order valence-electron chi connectivity index (χ1n) is 7.90. The lowest BCUT2D eigenvalue weighted by molar-refractivity contribution is -0.140. The quantitative estimate of drug-likeness (QED) is 0.734. The number of methoxy groups -OCH3 is 2. The predicted molar refractivity (Wildman–Crippen MR) is 93.6 cm³/mol. The summed E-state index contributed by atoms with van der Waals surface area (Å²) in [6.07, 6.45) is 1.43. The van der Waals surface area contributed by atoms with Crippen molar-refractivity contribution in [1.29, 1.82) is 0 Å². The minimum absolute atomic E-state index is 0.0609. The fourth-order valence-electron chi connectivity index (χ4n) is 2.41. The third-order valence-corrected chi connectivity index (χ3v) is 4.76. The van der Waals surface area contributed by atoms with Gasteiger partial charge in [-0.25, -0.2) is 0 Å². The molecule has 0 bridgehead atoms. The first kappa shape index (κ1) is 18.0. The second-order valence-electron chi connectivity index (χ2n) is 5.31. The van der Waals surface area contributed by atoms with Gasteiger partial charge >= 0.3 is 11.9 Å². The summed E-state index contributed by atoms with van der Waals surface area (Å²) in [4.78, 5) is 28.5. The number of nitrogens with zero attached hydrogens (tertiary/aromatic N) is 2. The molecule has 0 atom stereocenters. The maximum atomic E-state index is 12.4. The minimum atomic E-state index is -0.532. The molecule has 2 heterocycles.